The van der Waals surface area contributed by atoms with Crippen LogP contribution in [0.5, 0.6) is 0 Å². The van der Waals surface area contributed by atoms with Crippen LogP contribution in [0.3, 0.4) is 0 Å². The molecule has 1 N–H and O–H groups in total. The third-order valence-corrected chi connectivity index (χ3v) is 1.89. The Morgan fingerprint density at radius 1 is 1.50 bits per heavy atom. The lowest BCUT2D eigenvalue weighted by atomic mass is 9.94. The summed E-state index contributed by atoms with van der Waals surface area (Å²) in [5.41, 5.74) is -0.367. The lowest BCUT2D eigenvalue weighted by molar-refractivity contribution is -0.161. The molecule has 1 saturated heterocycles. The standard InChI is InChI=1S/C9H17NO2/c1-6-5-10-7(6)8(11)12-9(2,3)4/h6-7,10H,5H2,1-4H3. The fourth-order valence-electron chi connectivity index (χ4n) is 1.15. The number of hydrogen-bond acceptors (Lipinski definition) is 3. The number of carbonyl (C=O) groups is 1. The number of rotatable bonds is 1. The van der Waals surface area contributed by atoms with Crippen LogP contribution in [0.15, 0.2) is 0 Å². The van der Waals surface area contributed by atoms with Crippen molar-refractivity contribution >= 4 is 5.97 Å². The molecule has 0 spiro atoms. The first-order valence-corrected chi connectivity index (χ1v) is 4.36. The van der Waals surface area contributed by atoms with E-state index >= 15 is 0 Å². The first kappa shape index (κ1) is 9.52. The molecule has 0 aliphatic carbocycles. The van der Waals surface area contributed by atoms with Crippen LogP contribution in [0, 0.1) is 5.92 Å². The Labute approximate surface area is 73.5 Å². The Hall–Kier alpha value is -0.570. The van der Waals surface area contributed by atoms with Crippen LogP contribution in [-0.2, 0) is 9.53 Å². The molecule has 0 aromatic heterocycles. The summed E-state index contributed by atoms with van der Waals surface area (Å²) in [5.74, 6) is 0.293. The van der Waals surface area contributed by atoms with Gasteiger partial charge < -0.3 is 10.1 Å². The van der Waals surface area contributed by atoms with E-state index in [0.717, 1.165) is 6.54 Å². The quantitative estimate of drug-likeness (QED) is 0.597. The molecule has 2 unspecified atom stereocenters. The Morgan fingerprint density at radius 3 is 2.33 bits per heavy atom. The minimum absolute atomic E-state index is 0.0794. The molecule has 0 bridgehead atoms. The number of esters is 1. The zero-order valence-electron chi connectivity index (χ0n) is 8.18. The smallest absolute Gasteiger partial charge is 0.323 e. The van der Waals surface area contributed by atoms with Crippen molar-refractivity contribution in [3.05, 3.63) is 0 Å². The number of hydrogen-bond donors (Lipinski definition) is 1. The maximum Gasteiger partial charge on any atom is 0.323 e. The zero-order chi connectivity index (χ0) is 9.35. The highest BCUT2D eigenvalue weighted by molar-refractivity contribution is 5.77. The molecule has 12 heavy (non-hydrogen) atoms. The molecule has 1 rings (SSSR count). The van der Waals surface area contributed by atoms with E-state index in [1.165, 1.54) is 0 Å². The summed E-state index contributed by atoms with van der Waals surface area (Å²) < 4.78 is 5.21. The highest BCUT2D eigenvalue weighted by Gasteiger charge is 2.35. The van der Waals surface area contributed by atoms with Gasteiger partial charge in [0.1, 0.15) is 11.6 Å². The fraction of sp³-hybridized carbons (Fsp3) is 0.889. The highest BCUT2D eigenvalue weighted by atomic mass is 16.6. The van der Waals surface area contributed by atoms with Crippen molar-refractivity contribution in [3.63, 3.8) is 0 Å². The van der Waals surface area contributed by atoms with Crippen molar-refractivity contribution in [1.29, 1.82) is 0 Å². The van der Waals surface area contributed by atoms with Gasteiger partial charge in [0.25, 0.3) is 0 Å². The molecule has 0 aromatic carbocycles. The van der Waals surface area contributed by atoms with Crippen LogP contribution in [0.1, 0.15) is 27.7 Å². The summed E-state index contributed by atoms with van der Waals surface area (Å²) >= 11 is 0. The minimum Gasteiger partial charge on any atom is -0.459 e. The molecule has 0 radical (unpaired) electrons. The monoisotopic (exact) mass is 171 g/mol. The van der Waals surface area contributed by atoms with Crippen LogP contribution in [-0.4, -0.2) is 24.2 Å². The average Bonchev–Trinajstić information content (AvgIpc) is 1.79. The maximum atomic E-state index is 11.4. The normalized spacial score (nSPS) is 29.3. The summed E-state index contributed by atoms with van der Waals surface area (Å²) in [7, 11) is 0. The molecule has 3 nitrogen and oxygen atoms in total. The Bertz CT molecular complexity index is 183. The van der Waals surface area contributed by atoms with Gasteiger partial charge in [-0.2, -0.15) is 0 Å². The van der Waals surface area contributed by atoms with Crippen LogP contribution < -0.4 is 5.32 Å². The predicted molar refractivity (Wildman–Crippen MR) is 46.8 cm³/mol. The zero-order valence-corrected chi connectivity index (χ0v) is 8.18. The van der Waals surface area contributed by atoms with Crippen molar-refractivity contribution in [1.82, 2.24) is 5.32 Å². The van der Waals surface area contributed by atoms with Crippen molar-refractivity contribution in [2.45, 2.75) is 39.3 Å². The summed E-state index contributed by atoms with van der Waals surface area (Å²) in [4.78, 5) is 11.4. The van der Waals surface area contributed by atoms with Crippen LogP contribution >= 0.6 is 0 Å². The van der Waals surface area contributed by atoms with Gasteiger partial charge in [-0.05, 0) is 26.7 Å². The van der Waals surface area contributed by atoms with Crippen molar-refractivity contribution in [2.75, 3.05) is 6.54 Å². The van der Waals surface area contributed by atoms with Crippen LogP contribution in [0.2, 0.25) is 0 Å². The third-order valence-electron chi connectivity index (χ3n) is 1.89. The third kappa shape index (κ3) is 2.21. The maximum absolute atomic E-state index is 11.4. The van der Waals surface area contributed by atoms with E-state index in [1.807, 2.05) is 27.7 Å². The highest BCUT2D eigenvalue weighted by Crippen LogP contribution is 2.17. The largest absolute Gasteiger partial charge is 0.459 e. The molecule has 1 aliphatic rings. The first-order chi connectivity index (χ1) is 5.40. The Morgan fingerprint density at radius 2 is 2.08 bits per heavy atom. The van der Waals surface area contributed by atoms with Gasteiger partial charge in [0, 0.05) is 6.54 Å². The van der Waals surface area contributed by atoms with E-state index in [2.05, 4.69) is 5.32 Å². The first-order valence-electron chi connectivity index (χ1n) is 4.36. The van der Waals surface area contributed by atoms with Gasteiger partial charge in [0.2, 0.25) is 0 Å². The van der Waals surface area contributed by atoms with Gasteiger partial charge in [-0.1, -0.05) is 6.92 Å². The lowest BCUT2D eigenvalue weighted by Crippen LogP contribution is -2.57. The van der Waals surface area contributed by atoms with E-state index in [1.54, 1.807) is 0 Å². The number of ether oxygens (including phenoxy) is 1. The number of carbonyl (C=O) groups excluding carboxylic acids is 1. The minimum atomic E-state index is -0.367. The van der Waals surface area contributed by atoms with E-state index in [-0.39, 0.29) is 17.6 Å². The molecular weight excluding hydrogens is 154 g/mol. The van der Waals surface area contributed by atoms with Gasteiger partial charge in [0.15, 0.2) is 0 Å². The van der Waals surface area contributed by atoms with Crippen molar-refractivity contribution in [3.8, 4) is 0 Å². The van der Waals surface area contributed by atoms with Crippen LogP contribution in [0.4, 0.5) is 0 Å². The van der Waals surface area contributed by atoms with Gasteiger partial charge in [-0.25, -0.2) is 0 Å². The molecule has 0 aromatic rings. The van der Waals surface area contributed by atoms with Crippen molar-refractivity contribution < 1.29 is 9.53 Å². The van der Waals surface area contributed by atoms with E-state index in [0.29, 0.717) is 5.92 Å². The molecule has 2 atom stereocenters. The molecular formula is C9H17NO2. The molecule has 3 heteroatoms. The molecule has 1 heterocycles. The topological polar surface area (TPSA) is 38.3 Å². The summed E-state index contributed by atoms with van der Waals surface area (Å²) in [6.45, 7) is 8.62. The molecule has 0 amide bonds. The van der Waals surface area contributed by atoms with E-state index in [4.69, 9.17) is 4.74 Å². The van der Waals surface area contributed by atoms with Gasteiger partial charge in [0.05, 0.1) is 0 Å². The Balaban J connectivity index is 2.39. The van der Waals surface area contributed by atoms with Crippen molar-refractivity contribution in [2.24, 2.45) is 5.92 Å². The summed E-state index contributed by atoms with van der Waals surface area (Å²) in [6, 6.07) is -0.0794. The lowest BCUT2D eigenvalue weighted by Gasteiger charge is -2.35. The van der Waals surface area contributed by atoms with Gasteiger partial charge in [-0.15, -0.1) is 0 Å². The predicted octanol–water partition coefficient (Wildman–Crippen LogP) is 0.936. The van der Waals surface area contributed by atoms with Gasteiger partial charge in [-0.3, -0.25) is 4.79 Å². The van der Waals surface area contributed by atoms with Gasteiger partial charge >= 0.3 is 5.97 Å². The average molecular weight is 171 g/mol. The second-order valence-corrected chi connectivity index (χ2v) is 4.40. The second kappa shape index (κ2) is 3.05. The molecule has 0 saturated carbocycles. The summed E-state index contributed by atoms with van der Waals surface area (Å²) in [5, 5.41) is 3.04. The molecule has 70 valence electrons. The Kier molecular flexibility index (Phi) is 2.42. The van der Waals surface area contributed by atoms with E-state index in [9.17, 15) is 4.79 Å². The molecule has 1 fully saturated rings. The second-order valence-electron chi connectivity index (χ2n) is 4.40. The fourth-order valence-corrected chi connectivity index (χ4v) is 1.15. The molecule has 1 aliphatic heterocycles. The number of nitrogens with one attached hydrogen (secondary N) is 1. The van der Waals surface area contributed by atoms with E-state index < -0.39 is 0 Å². The SMILES string of the molecule is CC1CNC1C(=O)OC(C)(C)C. The van der Waals surface area contributed by atoms with Crippen LogP contribution in [0.25, 0.3) is 0 Å². The summed E-state index contributed by atoms with van der Waals surface area (Å²) in [6.07, 6.45) is 0.